The molecule has 0 heterocycles. The molecule has 0 radical (unpaired) electrons. The zero-order valence-electron chi connectivity index (χ0n) is 24.5. The van der Waals surface area contributed by atoms with Crippen LogP contribution in [0.3, 0.4) is 0 Å². The van der Waals surface area contributed by atoms with Gasteiger partial charge in [-0.3, -0.25) is 14.4 Å². The highest BCUT2D eigenvalue weighted by Gasteiger charge is 2.65. The van der Waals surface area contributed by atoms with Crippen molar-refractivity contribution in [3.63, 3.8) is 0 Å². The van der Waals surface area contributed by atoms with E-state index in [4.69, 9.17) is 4.84 Å². The summed E-state index contributed by atoms with van der Waals surface area (Å²) in [6.07, 6.45) is 9.31. The van der Waals surface area contributed by atoms with Crippen molar-refractivity contribution in [1.82, 2.24) is 5.32 Å². The Bertz CT molecular complexity index is 1240. The topological polar surface area (TPSA) is 125 Å². The molecular weight excluding hydrogens is 520 g/mol. The number of aliphatic hydroxyl groups is 1. The molecule has 0 aromatic heterocycles. The average molecular weight is 565 g/mol. The maximum atomic E-state index is 12.5. The summed E-state index contributed by atoms with van der Waals surface area (Å²) in [6, 6.07) is 9.32. The first-order valence-electron chi connectivity index (χ1n) is 15.1. The number of amides is 1. The van der Waals surface area contributed by atoms with Gasteiger partial charge in [-0.05, 0) is 93.1 Å². The van der Waals surface area contributed by atoms with Gasteiger partial charge in [0.05, 0.1) is 12.1 Å². The molecule has 8 nitrogen and oxygen atoms in total. The third kappa shape index (κ3) is 5.36. The lowest BCUT2D eigenvalue weighted by atomic mass is 9.46. The minimum Gasteiger partial charge on any atom is -0.481 e. The Kier molecular flexibility index (Phi) is 8.16. The van der Waals surface area contributed by atoms with Gasteiger partial charge in [-0.25, -0.2) is 0 Å². The third-order valence-corrected chi connectivity index (χ3v) is 11.3. The minimum atomic E-state index is -1.19. The second-order valence-corrected chi connectivity index (χ2v) is 13.3. The van der Waals surface area contributed by atoms with E-state index in [-0.39, 0.29) is 48.0 Å². The summed E-state index contributed by atoms with van der Waals surface area (Å²) < 4.78 is 0. The summed E-state index contributed by atoms with van der Waals surface area (Å²) in [5.41, 5.74) is 1.68. The van der Waals surface area contributed by atoms with Gasteiger partial charge in [-0.1, -0.05) is 54.9 Å². The molecule has 4 aliphatic carbocycles. The number of carboxylic acid groups (broad SMARTS) is 1. The predicted octanol–water partition coefficient (Wildman–Crippen LogP) is 5.02. The number of rotatable bonds is 9. The van der Waals surface area contributed by atoms with Gasteiger partial charge in [0.1, 0.15) is 5.60 Å². The van der Waals surface area contributed by atoms with Crippen LogP contribution >= 0.6 is 0 Å². The zero-order chi connectivity index (χ0) is 29.4. The van der Waals surface area contributed by atoms with E-state index >= 15 is 0 Å². The molecule has 1 aromatic carbocycles. The summed E-state index contributed by atoms with van der Waals surface area (Å²) in [4.78, 5) is 41.7. The second-order valence-electron chi connectivity index (χ2n) is 13.3. The predicted molar refractivity (Wildman–Crippen MR) is 155 cm³/mol. The maximum absolute atomic E-state index is 12.5. The van der Waals surface area contributed by atoms with Crippen LogP contribution in [-0.4, -0.2) is 52.3 Å². The molecule has 3 fully saturated rings. The smallest absolute Gasteiger partial charge is 0.304 e. The van der Waals surface area contributed by atoms with E-state index in [2.05, 4.69) is 30.4 Å². The van der Waals surface area contributed by atoms with Crippen LogP contribution in [0.15, 0.2) is 47.1 Å². The summed E-state index contributed by atoms with van der Waals surface area (Å²) >= 11 is 0. The van der Waals surface area contributed by atoms with Gasteiger partial charge in [0.25, 0.3) is 5.91 Å². The molecule has 1 aromatic rings. The number of carbonyl (C=O) groups excluding carboxylic acids is 2. The van der Waals surface area contributed by atoms with Gasteiger partial charge >= 0.3 is 5.97 Å². The molecule has 3 saturated carbocycles. The summed E-state index contributed by atoms with van der Waals surface area (Å²) in [7, 11) is 0. The molecule has 0 spiro atoms. The van der Waals surface area contributed by atoms with E-state index in [1.54, 1.807) is 6.92 Å². The van der Waals surface area contributed by atoms with Crippen LogP contribution in [0, 0.1) is 28.6 Å². The van der Waals surface area contributed by atoms with Crippen LogP contribution < -0.4 is 5.32 Å². The summed E-state index contributed by atoms with van der Waals surface area (Å²) in [5.74, 6) is -0.213. The highest BCUT2D eigenvalue weighted by atomic mass is 16.6. The van der Waals surface area contributed by atoms with E-state index in [0.717, 1.165) is 56.2 Å². The molecule has 222 valence electrons. The molecule has 4 aliphatic rings. The minimum absolute atomic E-state index is 0.0702. The molecule has 0 saturated heterocycles. The summed E-state index contributed by atoms with van der Waals surface area (Å²) in [6.45, 7) is 6.09. The Morgan fingerprint density at radius 1 is 1.05 bits per heavy atom. The maximum Gasteiger partial charge on any atom is 0.304 e. The Hall–Kier alpha value is -3.00. The number of hydrogen-bond donors (Lipinski definition) is 3. The lowest BCUT2D eigenvalue weighted by Gasteiger charge is -2.59. The van der Waals surface area contributed by atoms with Gasteiger partial charge in [-0.2, -0.15) is 0 Å². The molecule has 0 bridgehead atoms. The first-order valence-corrected chi connectivity index (χ1v) is 15.1. The number of carbonyl (C=O) groups is 3. The van der Waals surface area contributed by atoms with Crippen LogP contribution in [0.5, 0.6) is 0 Å². The fraction of sp³-hybridized carbons (Fsp3) is 0.636. The van der Waals surface area contributed by atoms with Crippen molar-refractivity contribution in [3.05, 3.63) is 47.5 Å². The molecular formula is C33H44N2O6. The molecule has 8 heteroatoms. The molecule has 3 N–H and O–H groups in total. The SMILES string of the molecule is CC(=O)[C@@]1(O)CC[C@H]2[C@@H]3CCC4=C/C(=N/OCC(=O)NC[C@H](CC(=O)O)c5ccccc5)CC[C@]4(C)[C@H]3CC[C@@]21C. The molecule has 0 aliphatic heterocycles. The van der Waals surface area contributed by atoms with Crippen LogP contribution in [0.2, 0.25) is 0 Å². The van der Waals surface area contributed by atoms with Crippen molar-refractivity contribution in [1.29, 1.82) is 0 Å². The van der Waals surface area contributed by atoms with Crippen molar-refractivity contribution < 1.29 is 29.4 Å². The largest absolute Gasteiger partial charge is 0.481 e. The van der Waals surface area contributed by atoms with Gasteiger partial charge in [0.2, 0.25) is 0 Å². The Balaban J connectivity index is 1.18. The van der Waals surface area contributed by atoms with Crippen molar-refractivity contribution in [2.24, 2.45) is 33.7 Å². The Morgan fingerprint density at radius 3 is 2.49 bits per heavy atom. The molecule has 7 atom stereocenters. The van der Waals surface area contributed by atoms with E-state index in [9.17, 15) is 24.6 Å². The quantitative estimate of drug-likeness (QED) is 0.362. The first-order chi connectivity index (χ1) is 19.5. The lowest BCUT2D eigenvalue weighted by molar-refractivity contribution is -0.159. The van der Waals surface area contributed by atoms with Gasteiger partial charge in [0, 0.05) is 17.9 Å². The van der Waals surface area contributed by atoms with Crippen LogP contribution in [0.4, 0.5) is 0 Å². The Morgan fingerprint density at radius 2 is 1.78 bits per heavy atom. The molecule has 41 heavy (non-hydrogen) atoms. The fourth-order valence-electron chi connectivity index (χ4n) is 8.94. The van der Waals surface area contributed by atoms with E-state index in [1.807, 2.05) is 30.3 Å². The standard InChI is InChI=1S/C33H44N2O6/c1-21(36)33(40)16-13-28-26-10-9-24-18-25(11-14-31(24,2)27(26)12-15-32(28,33)3)35-41-20-29(37)34-19-23(17-30(38)39)22-7-5-4-6-8-22/h4-8,18,23,26-28,40H,9-17,19-20H2,1-3H3,(H,34,37)(H,38,39)/b35-25+/t23-,26+,27-,28-,31-,32-,33-/m0/s1. The lowest BCUT2D eigenvalue weighted by Crippen LogP contribution is -2.57. The number of nitrogens with zero attached hydrogens (tertiary/aromatic N) is 1. The molecule has 5 rings (SSSR count). The number of oxime groups is 1. The highest BCUT2D eigenvalue weighted by Crippen LogP contribution is 2.67. The van der Waals surface area contributed by atoms with E-state index < -0.39 is 11.6 Å². The van der Waals surface area contributed by atoms with Crippen molar-refractivity contribution in [3.8, 4) is 0 Å². The highest BCUT2D eigenvalue weighted by molar-refractivity contribution is 5.96. The average Bonchev–Trinajstić information content (AvgIpc) is 3.23. The van der Waals surface area contributed by atoms with Gasteiger partial charge < -0.3 is 20.4 Å². The van der Waals surface area contributed by atoms with Crippen LogP contribution in [-0.2, 0) is 19.2 Å². The number of ketones is 1. The number of Topliss-reactive ketones (excluding diaryl/α,β-unsaturated/α-hetero) is 1. The number of fused-ring (bicyclic) bond motifs is 5. The van der Waals surface area contributed by atoms with Crippen molar-refractivity contribution in [2.75, 3.05) is 13.2 Å². The number of hydrogen-bond acceptors (Lipinski definition) is 6. The first kappa shape index (κ1) is 29.5. The van der Waals surface area contributed by atoms with Crippen molar-refractivity contribution >= 4 is 23.4 Å². The Labute approximate surface area is 242 Å². The van der Waals surface area contributed by atoms with Crippen LogP contribution in [0.1, 0.15) is 90.0 Å². The monoisotopic (exact) mass is 564 g/mol. The van der Waals surface area contributed by atoms with Crippen LogP contribution in [0.25, 0.3) is 0 Å². The fourth-order valence-corrected chi connectivity index (χ4v) is 8.94. The summed E-state index contributed by atoms with van der Waals surface area (Å²) in [5, 5.41) is 27.7. The molecule has 0 unspecified atom stereocenters. The van der Waals surface area contributed by atoms with Crippen molar-refractivity contribution in [2.45, 2.75) is 90.1 Å². The van der Waals surface area contributed by atoms with Gasteiger partial charge in [-0.15, -0.1) is 0 Å². The number of allylic oxidation sites excluding steroid dienone is 2. The third-order valence-electron chi connectivity index (χ3n) is 11.3. The second kappa shape index (κ2) is 11.3. The van der Waals surface area contributed by atoms with Gasteiger partial charge in [0.15, 0.2) is 12.4 Å². The molecule has 1 amide bonds. The van der Waals surface area contributed by atoms with E-state index in [1.165, 1.54) is 5.57 Å². The number of benzene rings is 1. The number of carboxylic acids is 1. The van der Waals surface area contributed by atoms with E-state index in [0.29, 0.717) is 24.2 Å². The number of nitrogens with one attached hydrogen (secondary N) is 1. The number of aliphatic carboxylic acids is 1. The normalized spacial score (nSPS) is 35.9. The zero-order valence-corrected chi connectivity index (χ0v) is 24.5.